The van der Waals surface area contributed by atoms with E-state index in [-0.39, 0.29) is 65.4 Å². The summed E-state index contributed by atoms with van der Waals surface area (Å²) >= 11 is 7.56. The Balaban J connectivity index is 0.00000104. The molecule has 19 nitrogen and oxygen atoms in total. The summed E-state index contributed by atoms with van der Waals surface area (Å²) in [5.41, 5.74) is 8.83. The van der Waals surface area contributed by atoms with E-state index in [1.165, 1.54) is 47.4 Å². The molecule has 4 aromatic rings. The van der Waals surface area contributed by atoms with E-state index in [1.54, 1.807) is 37.4 Å². The lowest BCUT2D eigenvalue weighted by molar-refractivity contribution is -0.193. The summed E-state index contributed by atoms with van der Waals surface area (Å²) in [7, 11) is 0. The second-order valence-corrected chi connectivity index (χ2v) is 22.1. The number of carbonyl (C=O) groups is 2. The van der Waals surface area contributed by atoms with Crippen molar-refractivity contribution in [2.75, 3.05) is 29.8 Å². The average Bonchev–Trinajstić information content (AvgIpc) is 1.16. The number of nitrogens with zero attached hydrogens (tertiary/aromatic N) is 7. The third kappa shape index (κ3) is 24.7. The molecule has 3 aliphatic rings. The van der Waals surface area contributed by atoms with E-state index in [0.29, 0.717) is 43.7 Å². The van der Waals surface area contributed by atoms with Gasteiger partial charge >= 0.3 is 18.5 Å². The number of pyridine rings is 2. The van der Waals surface area contributed by atoms with E-state index in [0.717, 1.165) is 83.9 Å². The van der Waals surface area contributed by atoms with Crippen LogP contribution in [0, 0.1) is 69.4 Å². The van der Waals surface area contributed by atoms with Crippen LogP contribution in [0.15, 0.2) is 159 Å². The third-order valence-electron chi connectivity index (χ3n) is 10.9. The van der Waals surface area contributed by atoms with Gasteiger partial charge in [0.05, 0.1) is 66.2 Å². The van der Waals surface area contributed by atoms with Crippen LogP contribution < -0.4 is 11.1 Å². The molecule has 2 aromatic heterocycles. The second-order valence-electron chi connectivity index (χ2n) is 16.6. The van der Waals surface area contributed by atoms with Crippen molar-refractivity contribution < 1.29 is 38.4 Å². The Morgan fingerprint density at radius 3 is 1.28 bits per heavy atom. The Bertz CT molecular complexity index is 3870. The predicted molar refractivity (Wildman–Crippen MR) is 339 cm³/mol. The van der Waals surface area contributed by atoms with E-state index < -0.39 is 0 Å². The van der Waals surface area contributed by atoms with E-state index >= 15 is 0 Å². The number of H-pyrrole nitrogens is 2. The van der Waals surface area contributed by atoms with Gasteiger partial charge < -0.3 is 19.6 Å². The number of ketones is 2. The molecule has 87 heavy (non-hydrogen) atoms. The minimum atomic E-state index is -0.200. The van der Waals surface area contributed by atoms with Gasteiger partial charge in [0.2, 0.25) is 33.9 Å². The number of hydrogen-bond acceptors (Lipinski definition) is 17. The predicted octanol–water partition coefficient (Wildman–Crippen LogP) is 14.0. The van der Waals surface area contributed by atoms with Gasteiger partial charge in [-0.15, -0.1) is 58.8 Å². The zero-order valence-electron chi connectivity index (χ0n) is 48.4. The van der Waals surface area contributed by atoms with Gasteiger partial charge in [0.25, 0.3) is 0 Å². The highest BCUT2D eigenvalue weighted by atomic mass is 32.2. The van der Waals surface area contributed by atoms with Crippen molar-refractivity contribution in [1.29, 1.82) is 10.5 Å². The maximum Gasteiger partial charge on any atom is 0.373 e. The summed E-state index contributed by atoms with van der Waals surface area (Å²) in [5.74, 6) is 2.11. The number of nitriles is 2. The van der Waals surface area contributed by atoms with Crippen molar-refractivity contribution >= 4 is 111 Å². The van der Waals surface area contributed by atoms with Crippen molar-refractivity contribution in [1.82, 2.24) is 9.97 Å². The zero-order valence-corrected chi connectivity index (χ0v) is 52.5. The summed E-state index contributed by atoms with van der Waals surface area (Å²) in [6.45, 7) is 50.8. The molecular formula is C63H55N9O10S5. The van der Waals surface area contributed by atoms with Crippen LogP contribution in [-0.4, -0.2) is 69.8 Å². The lowest BCUT2D eigenvalue weighted by Gasteiger charge is -2.19. The van der Waals surface area contributed by atoms with Crippen LogP contribution in [0.1, 0.15) is 75.6 Å². The van der Waals surface area contributed by atoms with Crippen molar-refractivity contribution in [3.8, 4) is 12.1 Å². The Morgan fingerprint density at radius 1 is 0.540 bits per heavy atom. The molecule has 0 saturated heterocycles. The molecule has 2 aromatic carbocycles. The number of benzene rings is 2. The molecule has 442 valence electrons. The summed E-state index contributed by atoms with van der Waals surface area (Å²) in [4.78, 5) is 120. The van der Waals surface area contributed by atoms with Crippen molar-refractivity contribution in [2.24, 2.45) is 0 Å². The summed E-state index contributed by atoms with van der Waals surface area (Å²) in [5, 5.41) is 20.3. The molecular weight excluding hydrogens is 1200 g/mol. The first-order valence-electron chi connectivity index (χ1n) is 25.1. The molecule has 0 radical (unpaired) electrons. The number of hydrogen-bond donors (Lipinski definition) is 2. The van der Waals surface area contributed by atoms with Crippen molar-refractivity contribution in [3.63, 3.8) is 0 Å². The number of nitrogens with one attached hydrogen (secondary N) is 2. The lowest BCUT2D eigenvalue weighted by atomic mass is 9.89. The highest BCUT2D eigenvalue weighted by Crippen LogP contribution is 2.42. The van der Waals surface area contributed by atoms with Gasteiger partial charge in [-0.25, -0.2) is 24.2 Å². The van der Waals surface area contributed by atoms with Crippen molar-refractivity contribution in [3.05, 3.63) is 240 Å². The SMILES string of the molecule is O=C=O.O=C=O.O=C=O.[C-]#[N+]C1=C(SC)CC(=C)C=C1C.[C-]#[N+]C1=C(c2ccccc2)C(C#N)=C(SCC)CC1=O.[C-]#[N+]C1=C(c2ccccc2)C(C#N)=C(SCCC)CC1=O.[C-]#[N+]c1c(C)cc(=O)[nH]c1SC.[C-]#[N+]c1c(C)cc(=O)[nH]c1SCC. The Morgan fingerprint density at radius 2 is 0.931 bits per heavy atom. The van der Waals surface area contributed by atoms with Gasteiger partial charge in [-0.3, -0.25) is 9.59 Å². The Kier molecular flexibility index (Phi) is 38.8. The molecule has 3 aliphatic carbocycles. The summed E-state index contributed by atoms with van der Waals surface area (Å²) < 4.78 is 0. The molecule has 24 heteroatoms. The van der Waals surface area contributed by atoms with E-state index in [2.05, 4.69) is 59.8 Å². The van der Waals surface area contributed by atoms with E-state index in [9.17, 15) is 29.7 Å². The molecule has 2 heterocycles. The van der Waals surface area contributed by atoms with Crippen LogP contribution >= 0.6 is 58.8 Å². The second kappa shape index (κ2) is 43.8. The van der Waals surface area contributed by atoms with E-state index in [4.69, 9.17) is 61.6 Å². The topological polar surface area (TPSA) is 272 Å². The van der Waals surface area contributed by atoms with Gasteiger partial charge in [-0.1, -0.05) is 99.7 Å². The normalized spacial score (nSPS) is 12.5. The number of Topliss-reactive ketones (excluding diaryl/α,β-unsaturated/α-hetero) is 2. The maximum absolute atomic E-state index is 12.2. The van der Waals surface area contributed by atoms with Gasteiger partial charge in [0.1, 0.15) is 0 Å². The molecule has 7 rings (SSSR count). The molecule has 0 spiro atoms. The fourth-order valence-corrected chi connectivity index (χ4v) is 11.5. The van der Waals surface area contributed by atoms with Crippen LogP contribution in [0.3, 0.4) is 0 Å². The first-order valence-corrected chi connectivity index (χ1v) is 30.5. The number of aromatic amines is 2. The monoisotopic (exact) mass is 1260 g/mol. The smallest absolute Gasteiger partial charge is 0.326 e. The standard InChI is InChI=1S/C17H14N2OS.C16H12N2OS.C10H11NS.C9H10N2OS.C8H8N2OS.3CO2/c1-3-9-21-15-10-14(20)17(19-2)16(13(15)11-18)12-7-5-4-6-8-12;1-3-20-14-9-13(19)16(18-2)15(12(14)10-17)11-7-5-4-6-8-11;1-7-5-8(2)10(11-3)9(6-7)12-4;1-4-13-9-8(10-3)6(2)5-7(12)11-9;1-5-4-6(11)10-8(12-3)7(5)9-2;3*2-1-3/h4-8H,3,9-10H2,1H3;4-8H,3,9H2,1H3;5H,1,6H2,2,4H3;5H,4H2,1-2H3,(H,11,12);4H,1,3H3,(H,10,11);;;. The molecule has 0 unspecified atom stereocenters. The lowest BCUT2D eigenvalue weighted by Crippen LogP contribution is -2.12. The zero-order chi connectivity index (χ0) is 66.0. The summed E-state index contributed by atoms with van der Waals surface area (Å²) in [6.07, 6.45) is 8.73. The number of aryl methyl sites for hydroxylation is 2. The van der Waals surface area contributed by atoms with Gasteiger partial charge in [0, 0.05) is 33.8 Å². The van der Waals surface area contributed by atoms with Crippen LogP contribution in [0.5, 0.6) is 0 Å². The minimum absolute atomic E-state index is 0.0770. The van der Waals surface area contributed by atoms with Crippen LogP contribution in [0.2, 0.25) is 0 Å². The van der Waals surface area contributed by atoms with Gasteiger partial charge in [-0.05, 0) is 108 Å². The number of thioether (sulfide) groups is 5. The fraction of sp³-hybridized carbons (Fsp3) is 0.238. The number of rotatable bonds is 11. The van der Waals surface area contributed by atoms with Gasteiger partial charge in [-0.2, -0.15) is 39.3 Å². The number of allylic oxidation sites excluding steroid dienone is 12. The molecule has 2 N–H and O–H groups in total. The highest BCUT2D eigenvalue weighted by Gasteiger charge is 2.30. The fourth-order valence-electron chi connectivity index (χ4n) is 7.55. The van der Waals surface area contributed by atoms with Crippen LogP contribution in [0.25, 0.3) is 35.4 Å². The molecule has 0 amide bonds. The molecule has 0 saturated carbocycles. The third-order valence-corrected chi connectivity index (χ3v) is 15.6. The highest BCUT2D eigenvalue weighted by molar-refractivity contribution is 8.03. The molecule has 0 fully saturated rings. The molecule has 0 bridgehead atoms. The number of carbonyl (C=O) groups excluding carboxylic acids is 8. The largest absolute Gasteiger partial charge is 0.373 e. The van der Waals surface area contributed by atoms with Crippen LogP contribution in [0.4, 0.5) is 11.4 Å². The first-order chi connectivity index (χ1) is 41.7. The minimum Gasteiger partial charge on any atom is -0.326 e. The molecule has 0 atom stereocenters. The van der Waals surface area contributed by atoms with E-state index in [1.807, 2.05) is 100 Å². The Hall–Kier alpha value is -9.82. The average molecular weight is 1260 g/mol. The first kappa shape index (κ1) is 77.2. The Labute approximate surface area is 525 Å². The van der Waals surface area contributed by atoms with Gasteiger partial charge in [0.15, 0.2) is 17.3 Å². The van der Waals surface area contributed by atoms with Crippen molar-refractivity contribution in [2.45, 2.75) is 77.3 Å². The quantitative estimate of drug-likeness (QED) is 0.104. The molecule has 0 aliphatic heterocycles. The number of aromatic nitrogens is 2. The maximum atomic E-state index is 12.2. The summed E-state index contributed by atoms with van der Waals surface area (Å²) in [6, 6.07) is 25.7. The van der Waals surface area contributed by atoms with Crippen LogP contribution in [-0.2, 0) is 38.4 Å².